The molecule has 1 aromatic carbocycles. The number of aromatic nitrogens is 3. The SMILES string of the molecule is [B]c1c(C)c(C)cc2nn(CC(C)=O)nc12. The summed E-state index contributed by atoms with van der Waals surface area (Å²) >= 11 is 0. The van der Waals surface area contributed by atoms with Crippen LogP contribution in [0.5, 0.6) is 0 Å². The van der Waals surface area contributed by atoms with Gasteiger partial charge in [0.1, 0.15) is 25.4 Å². The number of hydrogen-bond acceptors (Lipinski definition) is 3. The maximum absolute atomic E-state index is 11.0. The van der Waals surface area contributed by atoms with Gasteiger partial charge in [-0.3, -0.25) is 4.79 Å². The molecule has 0 saturated carbocycles. The molecule has 2 rings (SSSR count). The summed E-state index contributed by atoms with van der Waals surface area (Å²) in [7, 11) is 5.96. The fraction of sp³-hybridized carbons (Fsp3) is 0.364. The first kappa shape index (κ1) is 10.9. The van der Waals surface area contributed by atoms with Crippen molar-refractivity contribution in [1.29, 1.82) is 0 Å². The molecule has 0 spiro atoms. The summed E-state index contributed by atoms with van der Waals surface area (Å²) in [5.41, 5.74) is 4.15. The van der Waals surface area contributed by atoms with Crippen molar-refractivity contribution in [1.82, 2.24) is 15.0 Å². The van der Waals surface area contributed by atoms with Crippen LogP contribution in [0.3, 0.4) is 0 Å². The van der Waals surface area contributed by atoms with Crippen molar-refractivity contribution in [3.05, 3.63) is 17.2 Å². The van der Waals surface area contributed by atoms with Crippen molar-refractivity contribution in [2.75, 3.05) is 0 Å². The molecule has 2 aromatic rings. The first-order chi connectivity index (χ1) is 7.49. The maximum Gasteiger partial charge on any atom is 0.153 e. The van der Waals surface area contributed by atoms with Gasteiger partial charge in [-0.2, -0.15) is 15.0 Å². The summed E-state index contributed by atoms with van der Waals surface area (Å²) in [5.74, 6) is 0.0207. The van der Waals surface area contributed by atoms with Gasteiger partial charge in [0, 0.05) is 0 Å². The van der Waals surface area contributed by atoms with Gasteiger partial charge in [-0.1, -0.05) is 11.0 Å². The second-order valence-corrected chi connectivity index (χ2v) is 4.03. The molecule has 1 heterocycles. The van der Waals surface area contributed by atoms with Crippen LogP contribution in [0.4, 0.5) is 0 Å². The Labute approximate surface area is 95.0 Å². The van der Waals surface area contributed by atoms with Crippen LogP contribution >= 0.6 is 0 Å². The number of nitrogens with zero attached hydrogens (tertiary/aromatic N) is 3. The first-order valence-electron chi connectivity index (χ1n) is 5.09. The van der Waals surface area contributed by atoms with Gasteiger partial charge >= 0.3 is 0 Å². The van der Waals surface area contributed by atoms with E-state index in [1.807, 2.05) is 19.9 Å². The third-order valence-electron chi connectivity index (χ3n) is 2.65. The van der Waals surface area contributed by atoms with Crippen LogP contribution in [0.25, 0.3) is 11.0 Å². The van der Waals surface area contributed by atoms with E-state index in [0.717, 1.165) is 16.6 Å². The van der Waals surface area contributed by atoms with Crippen LogP contribution in [0, 0.1) is 13.8 Å². The number of benzene rings is 1. The molecular weight excluding hydrogens is 201 g/mol. The Hall–Kier alpha value is -1.65. The van der Waals surface area contributed by atoms with Crippen molar-refractivity contribution >= 4 is 30.1 Å². The Morgan fingerprint density at radius 3 is 2.75 bits per heavy atom. The van der Waals surface area contributed by atoms with E-state index in [4.69, 9.17) is 7.85 Å². The number of fused-ring (bicyclic) bond motifs is 1. The number of carbonyl (C=O) groups is 1. The number of hydrogen-bond donors (Lipinski definition) is 0. The smallest absolute Gasteiger partial charge is 0.153 e. The molecule has 0 aliphatic heterocycles. The molecule has 0 atom stereocenters. The number of rotatable bonds is 2. The fourth-order valence-corrected chi connectivity index (χ4v) is 1.62. The van der Waals surface area contributed by atoms with Crippen LogP contribution in [-0.2, 0) is 11.3 Å². The number of ketones is 1. The average molecular weight is 213 g/mol. The third-order valence-corrected chi connectivity index (χ3v) is 2.65. The van der Waals surface area contributed by atoms with Gasteiger partial charge < -0.3 is 0 Å². The molecule has 5 heteroatoms. The quantitative estimate of drug-likeness (QED) is 0.679. The van der Waals surface area contributed by atoms with E-state index in [-0.39, 0.29) is 12.3 Å². The van der Waals surface area contributed by atoms with Crippen molar-refractivity contribution < 1.29 is 4.79 Å². The Morgan fingerprint density at radius 1 is 1.44 bits per heavy atom. The summed E-state index contributed by atoms with van der Waals surface area (Å²) in [6.45, 7) is 5.63. The lowest BCUT2D eigenvalue weighted by molar-refractivity contribution is -0.117. The topological polar surface area (TPSA) is 47.8 Å². The zero-order valence-electron chi connectivity index (χ0n) is 9.61. The van der Waals surface area contributed by atoms with Gasteiger partial charge in [-0.25, -0.2) is 0 Å². The van der Waals surface area contributed by atoms with Gasteiger partial charge in [0.05, 0.1) is 0 Å². The van der Waals surface area contributed by atoms with Crippen LogP contribution in [0.15, 0.2) is 6.07 Å². The number of carbonyl (C=O) groups excluding carboxylic acids is 1. The molecule has 0 aliphatic rings. The van der Waals surface area contributed by atoms with E-state index < -0.39 is 0 Å². The summed E-state index contributed by atoms with van der Waals surface area (Å²) in [6.07, 6.45) is 0. The Bertz CT molecular complexity index is 574. The highest BCUT2D eigenvalue weighted by Crippen LogP contribution is 2.12. The summed E-state index contributed by atoms with van der Waals surface area (Å²) in [4.78, 5) is 12.4. The van der Waals surface area contributed by atoms with Crippen molar-refractivity contribution in [2.24, 2.45) is 0 Å². The average Bonchev–Trinajstić information content (AvgIpc) is 2.56. The molecule has 1 aromatic heterocycles. The minimum Gasteiger partial charge on any atom is -0.298 e. The van der Waals surface area contributed by atoms with E-state index in [1.54, 1.807) is 0 Å². The predicted molar refractivity (Wildman–Crippen MR) is 63.1 cm³/mol. The van der Waals surface area contributed by atoms with Crippen LogP contribution in [0.1, 0.15) is 18.1 Å². The summed E-state index contributed by atoms with van der Waals surface area (Å²) < 4.78 is 0. The third kappa shape index (κ3) is 1.73. The Kier molecular flexibility index (Phi) is 2.54. The minimum absolute atomic E-state index is 0.0207. The van der Waals surface area contributed by atoms with E-state index in [0.29, 0.717) is 11.0 Å². The molecule has 2 radical (unpaired) electrons. The molecular formula is C11H12BN3O. The van der Waals surface area contributed by atoms with Gasteiger partial charge in [-0.05, 0) is 32.4 Å². The van der Waals surface area contributed by atoms with Crippen molar-refractivity contribution in [3.63, 3.8) is 0 Å². The molecule has 80 valence electrons. The van der Waals surface area contributed by atoms with Crippen LogP contribution in [-0.4, -0.2) is 28.6 Å². The second-order valence-electron chi connectivity index (χ2n) is 4.03. The van der Waals surface area contributed by atoms with Crippen LogP contribution in [0.2, 0.25) is 0 Å². The lowest BCUT2D eigenvalue weighted by Crippen LogP contribution is -2.12. The van der Waals surface area contributed by atoms with Crippen molar-refractivity contribution in [2.45, 2.75) is 27.3 Å². The zero-order chi connectivity index (χ0) is 11.9. The summed E-state index contributed by atoms with van der Waals surface area (Å²) in [5, 5.41) is 8.43. The molecule has 0 amide bonds. The first-order valence-corrected chi connectivity index (χ1v) is 5.09. The zero-order valence-corrected chi connectivity index (χ0v) is 9.61. The molecule has 0 bridgehead atoms. The number of Topliss-reactive ketones (excluding diaryl/α,β-unsaturated/α-hetero) is 1. The van der Waals surface area contributed by atoms with Crippen molar-refractivity contribution in [3.8, 4) is 0 Å². The fourth-order valence-electron chi connectivity index (χ4n) is 1.62. The molecule has 0 saturated heterocycles. The summed E-state index contributed by atoms with van der Waals surface area (Å²) in [6, 6.07) is 1.94. The molecule has 16 heavy (non-hydrogen) atoms. The second kappa shape index (κ2) is 3.74. The van der Waals surface area contributed by atoms with Gasteiger partial charge in [0.2, 0.25) is 0 Å². The highest BCUT2D eigenvalue weighted by atomic mass is 16.1. The minimum atomic E-state index is 0.0207. The number of aryl methyl sites for hydroxylation is 1. The normalized spacial score (nSPS) is 10.9. The Morgan fingerprint density at radius 2 is 2.12 bits per heavy atom. The molecule has 0 N–H and O–H groups in total. The van der Waals surface area contributed by atoms with Crippen LogP contribution < -0.4 is 5.46 Å². The molecule has 0 fully saturated rings. The lowest BCUT2D eigenvalue weighted by Gasteiger charge is -2.03. The predicted octanol–water partition coefficient (Wildman–Crippen LogP) is 0.431. The monoisotopic (exact) mass is 213 g/mol. The largest absolute Gasteiger partial charge is 0.298 e. The molecule has 0 unspecified atom stereocenters. The molecule has 4 nitrogen and oxygen atoms in total. The van der Waals surface area contributed by atoms with Gasteiger partial charge in [0.15, 0.2) is 5.78 Å². The van der Waals surface area contributed by atoms with Gasteiger partial charge in [0.25, 0.3) is 0 Å². The standard InChI is InChI=1S/C11H12BN3O/c1-6-4-9-11(10(12)8(6)3)14-15(13-9)5-7(2)16/h4H,5H2,1-3H3. The van der Waals surface area contributed by atoms with E-state index in [2.05, 4.69) is 10.2 Å². The highest BCUT2D eigenvalue weighted by Gasteiger charge is 2.09. The van der Waals surface area contributed by atoms with Gasteiger partial charge in [-0.15, -0.1) is 0 Å². The van der Waals surface area contributed by atoms with E-state index in [9.17, 15) is 4.79 Å². The lowest BCUT2D eigenvalue weighted by atomic mass is 9.87. The van der Waals surface area contributed by atoms with E-state index in [1.165, 1.54) is 11.7 Å². The van der Waals surface area contributed by atoms with E-state index >= 15 is 0 Å². The molecule has 0 aliphatic carbocycles. The highest BCUT2D eigenvalue weighted by molar-refractivity contribution is 6.39. The Balaban J connectivity index is 2.62. The maximum atomic E-state index is 11.0.